The summed E-state index contributed by atoms with van der Waals surface area (Å²) in [5.41, 5.74) is 0.351. The number of ether oxygens (including phenoxy) is 1. The molecule has 0 aliphatic carbocycles. The van der Waals surface area contributed by atoms with Gasteiger partial charge in [-0.2, -0.15) is 4.98 Å². The Hall–Kier alpha value is -2.77. The van der Waals surface area contributed by atoms with Gasteiger partial charge in [0.05, 0.1) is 6.54 Å². The van der Waals surface area contributed by atoms with E-state index in [1.165, 1.54) is 11.0 Å². The second-order valence-electron chi connectivity index (χ2n) is 5.90. The Bertz CT molecular complexity index is 760. The number of rotatable bonds is 3. The number of likely N-dealkylation sites (tertiary alicyclic amines) is 1. The molecule has 0 bridgehead atoms. The van der Waals surface area contributed by atoms with Gasteiger partial charge in [0.15, 0.2) is 0 Å². The van der Waals surface area contributed by atoms with Crippen LogP contribution in [0.3, 0.4) is 0 Å². The molecule has 2 aromatic rings. The zero-order valence-electron chi connectivity index (χ0n) is 13.9. The summed E-state index contributed by atoms with van der Waals surface area (Å²) in [7, 11) is 0. The molecule has 1 aromatic heterocycles. The van der Waals surface area contributed by atoms with E-state index in [0.29, 0.717) is 31.2 Å². The normalized spacial score (nSPS) is 16.8. The first-order valence-corrected chi connectivity index (χ1v) is 7.91. The molecular weight excluding hydrogens is 330 g/mol. The van der Waals surface area contributed by atoms with Gasteiger partial charge in [0.1, 0.15) is 29.3 Å². The number of aromatic nitrogens is 2. The number of amides is 2. The number of aryl methyl sites for hydroxylation is 2. The predicted molar refractivity (Wildman–Crippen MR) is 87.5 cm³/mol. The van der Waals surface area contributed by atoms with E-state index in [1.807, 2.05) is 6.92 Å². The van der Waals surface area contributed by atoms with Crippen molar-refractivity contribution in [3.8, 4) is 5.88 Å². The van der Waals surface area contributed by atoms with Gasteiger partial charge in [0, 0.05) is 24.7 Å². The average molecular weight is 348 g/mol. The largest absolute Gasteiger partial charge is 0.472 e. The maximum absolute atomic E-state index is 13.6. The first-order valence-electron chi connectivity index (χ1n) is 7.91. The monoisotopic (exact) mass is 348 g/mol. The molecular formula is C17H18F2N4O2. The van der Waals surface area contributed by atoms with E-state index in [9.17, 15) is 13.6 Å². The van der Waals surface area contributed by atoms with Crippen LogP contribution < -0.4 is 10.1 Å². The van der Waals surface area contributed by atoms with Crippen molar-refractivity contribution in [3.63, 3.8) is 0 Å². The van der Waals surface area contributed by atoms with E-state index in [-0.39, 0.29) is 6.10 Å². The minimum atomic E-state index is -0.813. The lowest BCUT2D eigenvalue weighted by Gasteiger charge is -2.18. The van der Waals surface area contributed by atoms with Gasteiger partial charge < -0.3 is 15.0 Å². The van der Waals surface area contributed by atoms with E-state index < -0.39 is 23.4 Å². The molecule has 132 valence electrons. The highest BCUT2D eigenvalue weighted by Gasteiger charge is 2.29. The van der Waals surface area contributed by atoms with Crippen LogP contribution in [0.15, 0.2) is 24.3 Å². The minimum Gasteiger partial charge on any atom is -0.472 e. The van der Waals surface area contributed by atoms with Crippen molar-refractivity contribution in [3.05, 3.63) is 47.4 Å². The third-order valence-electron chi connectivity index (χ3n) is 3.86. The van der Waals surface area contributed by atoms with Crippen LogP contribution in [-0.2, 0) is 0 Å². The van der Waals surface area contributed by atoms with Gasteiger partial charge in [-0.25, -0.2) is 18.6 Å². The van der Waals surface area contributed by atoms with Crippen LogP contribution in [0.4, 0.5) is 19.3 Å². The van der Waals surface area contributed by atoms with E-state index in [2.05, 4.69) is 15.3 Å². The highest BCUT2D eigenvalue weighted by molar-refractivity contribution is 5.89. The zero-order chi connectivity index (χ0) is 18.0. The standard InChI is InChI=1S/C17H18F2N4O2/c1-10-8-15(21-11(2)20-10)25-12-6-7-23(9-12)17(24)22-16-13(18)4-3-5-14(16)19/h3-5,8,12H,6-7,9H2,1-2H3,(H,22,24). The van der Waals surface area contributed by atoms with Gasteiger partial charge >= 0.3 is 6.03 Å². The maximum atomic E-state index is 13.6. The van der Waals surface area contributed by atoms with Crippen LogP contribution >= 0.6 is 0 Å². The van der Waals surface area contributed by atoms with Crippen molar-refractivity contribution in [1.82, 2.24) is 14.9 Å². The lowest BCUT2D eigenvalue weighted by Crippen LogP contribution is -2.35. The fourth-order valence-corrected chi connectivity index (χ4v) is 2.73. The summed E-state index contributed by atoms with van der Waals surface area (Å²) in [6.07, 6.45) is 0.375. The Morgan fingerprint density at radius 2 is 2.00 bits per heavy atom. The Labute approximate surface area is 143 Å². The van der Waals surface area contributed by atoms with Crippen molar-refractivity contribution in [2.45, 2.75) is 26.4 Å². The number of carbonyl (C=O) groups excluding carboxylic acids is 1. The lowest BCUT2D eigenvalue weighted by molar-refractivity contribution is 0.189. The molecule has 6 nitrogen and oxygen atoms in total. The summed E-state index contributed by atoms with van der Waals surface area (Å²) < 4.78 is 33.0. The van der Waals surface area contributed by atoms with E-state index >= 15 is 0 Å². The number of hydrogen-bond donors (Lipinski definition) is 1. The lowest BCUT2D eigenvalue weighted by atomic mass is 10.3. The molecule has 1 aliphatic rings. The van der Waals surface area contributed by atoms with Gasteiger partial charge in [-0.1, -0.05) is 6.07 Å². The molecule has 1 fully saturated rings. The number of hydrogen-bond acceptors (Lipinski definition) is 4. The van der Waals surface area contributed by atoms with Gasteiger partial charge in [0.25, 0.3) is 0 Å². The molecule has 3 rings (SSSR count). The smallest absolute Gasteiger partial charge is 0.322 e. The maximum Gasteiger partial charge on any atom is 0.322 e. The van der Waals surface area contributed by atoms with E-state index in [4.69, 9.17) is 4.74 Å². The number of halogens is 2. The van der Waals surface area contributed by atoms with Crippen molar-refractivity contribution >= 4 is 11.7 Å². The molecule has 1 aliphatic heterocycles. The Kier molecular flexibility index (Phi) is 4.78. The number of anilines is 1. The molecule has 1 atom stereocenters. The molecule has 8 heteroatoms. The summed E-state index contributed by atoms with van der Waals surface area (Å²) in [5.74, 6) is -0.561. The van der Waals surface area contributed by atoms with Crippen molar-refractivity contribution in [2.24, 2.45) is 0 Å². The fourth-order valence-electron chi connectivity index (χ4n) is 2.73. The highest BCUT2D eigenvalue weighted by atomic mass is 19.1. The van der Waals surface area contributed by atoms with Gasteiger partial charge in [-0.05, 0) is 26.0 Å². The summed E-state index contributed by atoms with van der Waals surface area (Å²) in [6, 6.07) is 4.59. The van der Waals surface area contributed by atoms with Crippen LogP contribution in [0.25, 0.3) is 0 Å². The molecule has 1 unspecified atom stereocenters. The molecule has 2 heterocycles. The summed E-state index contributed by atoms with van der Waals surface area (Å²) >= 11 is 0. The number of urea groups is 1. The number of carbonyl (C=O) groups is 1. The zero-order valence-corrected chi connectivity index (χ0v) is 13.9. The first kappa shape index (κ1) is 17.1. The van der Waals surface area contributed by atoms with Crippen molar-refractivity contribution in [1.29, 1.82) is 0 Å². The highest BCUT2D eigenvalue weighted by Crippen LogP contribution is 2.21. The summed E-state index contributed by atoms with van der Waals surface area (Å²) in [6.45, 7) is 4.36. The Balaban J connectivity index is 1.61. The minimum absolute atomic E-state index is 0.232. The van der Waals surface area contributed by atoms with E-state index in [1.54, 1.807) is 13.0 Å². The molecule has 2 amide bonds. The molecule has 1 N–H and O–H groups in total. The van der Waals surface area contributed by atoms with Crippen LogP contribution in [0.5, 0.6) is 5.88 Å². The molecule has 1 aromatic carbocycles. The third-order valence-corrected chi connectivity index (χ3v) is 3.86. The fraction of sp³-hybridized carbons (Fsp3) is 0.353. The van der Waals surface area contributed by atoms with Crippen LogP contribution in [0, 0.1) is 25.5 Å². The van der Waals surface area contributed by atoms with Crippen molar-refractivity contribution in [2.75, 3.05) is 18.4 Å². The number of benzene rings is 1. The Morgan fingerprint density at radius 3 is 2.68 bits per heavy atom. The topological polar surface area (TPSA) is 67.3 Å². The Morgan fingerprint density at radius 1 is 1.28 bits per heavy atom. The average Bonchev–Trinajstić information content (AvgIpc) is 2.98. The quantitative estimate of drug-likeness (QED) is 0.926. The second kappa shape index (κ2) is 7.00. The molecule has 0 radical (unpaired) electrons. The third kappa shape index (κ3) is 4.01. The number of nitrogens with one attached hydrogen (secondary N) is 1. The summed E-state index contributed by atoms with van der Waals surface area (Å²) in [5, 5.41) is 2.28. The van der Waals surface area contributed by atoms with Gasteiger partial charge in [0.2, 0.25) is 5.88 Å². The summed E-state index contributed by atoms with van der Waals surface area (Å²) in [4.78, 5) is 22.1. The molecule has 0 saturated carbocycles. The predicted octanol–water partition coefficient (Wildman–Crippen LogP) is 3.06. The van der Waals surface area contributed by atoms with Crippen LogP contribution in [0.1, 0.15) is 17.9 Å². The molecule has 25 heavy (non-hydrogen) atoms. The van der Waals surface area contributed by atoms with Crippen LogP contribution in [-0.4, -0.2) is 40.1 Å². The number of para-hydroxylation sites is 1. The molecule has 0 spiro atoms. The SMILES string of the molecule is Cc1cc(OC2CCN(C(=O)Nc3c(F)cccc3F)C2)nc(C)n1. The number of nitrogens with zero attached hydrogens (tertiary/aromatic N) is 3. The van der Waals surface area contributed by atoms with Crippen LogP contribution in [0.2, 0.25) is 0 Å². The van der Waals surface area contributed by atoms with Gasteiger partial charge in [-0.15, -0.1) is 0 Å². The van der Waals surface area contributed by atoms with Crippen molar-refractivity contribution < 1.29 is 18.3 Å². The first-order chi connectivity index (χ1) is 11.9. The van der Waals surface area contributed by atoms with E-state index in [0.717, 1.165) is 17.8 Å². The molecule has 1 saturated heterocycles. The second-order valence-corrected chi connectivity index (χ2v) is 5.90. The van der Waals surface area contributed by atoms with Gasteiger partial charge in [-0.3, -0.25) is 0 Å².